The van der Waals surface area contributed by atoms with E-state index in [2.05, 4.69) is 10.1 Å². The molecule has 138 valence electrons. The van der Waals surface area contributed by atoms with Crippen molar-refractivity contribution in [1.82, 2.24) is 4.90 Å². The van der Waals surface area contributed by atoms with Crippen LogP contribution in [0.15, 0.2) is 12.1 Å². The molecule has 1 amide bonds. The minimum Gasteiger partial charge on any atom is -0.465 e. The lowest BCUT2D eigenvalue weighted by Crippen LogP contribution is -2.44. The molecule has 1 saturated carbocycles. The molecule has 25 heavy (non-hydrogen) atoms. The molecule has 0 atom stereocenters. The maximum absolute atomic E-state index is 13.9. The van der Waals surface area contributed by atoms with Crippen LogP contribution < -0.4 is 5.32 Å². The Morgan fingerprint density at radius 1 is 1.20 bits per heavy atom. The summed E-state index contributed by atoms with van der Waals surface area (Å²) >= 11 is 0. The van der Waals surface area contributed by atoms with Crippen molar-refractivity contribution in [3.05, 3.63) is 29.3 Å². The molecule has 5 nitrogen and oxygen atoms in total. The summed E-state index contributed by atoms with van der Waals surface area (Å²) in [6.45, 7) is 2.39. The Labute approximate surface area is 146 Å². The van der Waals surface area contributed by atoms with Crippen LogP contribution in [0, 0.1) is 11.6 Å². The average Bonchev–Trinajstić information content (AvgIpc) is 2.62. The zero-order valence-electron chi connectivity index (χ0n) is 14.6. The minimum atomic E-state index is -1.00. The molecule has 0 saturated heterocycles. The second-order valence-corrected chi connectivity index (χ2v) is 6.13. The molecule has 0 aliphatic heterocycles. The molecular weight excluding hydrogens is 330 g/mol. The molecule has 0 bridgehead atoms. The van der Waals surface area contributed by atoms with Gasteiger partial charge < -0.3 is 15.0 Å². The van der Waals surface area contributed by atoms with E-state index in [1.54, 1.807) is 4.90 Å². The number of ether oxygens (including phenoxy) is 1. The Morgan fingerprint density at radius 2 is 1.88 bits per heavy atom. The number of carbonyl (C=O) groups is 2. The summed E-state index contributed by atoms with van der Waals surface area (Å²) in [6, 6.07) is 1.86. The van der Waals surface area contributed by atoms with Gasteiger partial charge in [0.05, 0.1) is 24.9 Å². The van der Waals surface area contributed by atoms with Crippen LogP contribution in [0.2, 0.25) is 0 Å². The molecule has 2 rings (SSSR count). The summed E-state index contributed by atoms with van der Waals surface area (Å²) in [5.41, 5.74) is -0.478. The van der Waals surface area contributed by atoms with E-state index in [-0.39, 0.29) is 29.7 Å². The predicted octanol–water partition coefficient (Wildman–Crippen LogP) is 3.34. The Morgan fingerprint density at radius 3 is 2.48 bits per heavy atom. The van der Waals surface area contributed by atoms with E-state index in [1.807, 2.05) is 6.92 Å². The lowest BCUT2D eigenvalue weighted by molar-refractivity contribution is -0.132. The average molecular weight is 354 g/mol. The van der Waals surface area contributed by atoms with Gasteiger partial charge in [0.25, 0.3) is 0 Å². The van der Waals surface area contributed by atoms with Crippen LogP contribution in [0.1, 0.15) is 49.4 Å². The highest BCUT2D eigenvalue weighted by Crippen LogP contribution is 2.23. The van der Waals surface area contributed by atoms with E-state index in [9.17, 15) is 18.4 Å². The van der Waals surface area contributed by atoms with Gasteiger partial charge in [-0.3, -0.25) is 4.79 Å². The van der Waals surface area contributed by atoms with Crippen molar-refractivity contribution in [2.24, 2.45) is 0 Å². The van der Waals surface area contributed by atoms with E-state index in [1.165, 1.54) is 6.42 Å². The molecule has 0 unspecified atom stereocenters. The summed E-state index contributed by atoms with van der Waals surface area (Å²) in [6.07, 6.45) is 5.37. The molecule has 1 fully saturated rings. The van der Waals surface area contributed by atoms with Gasteiger partial charge in [-0.05, 0) is 25.8 Å². The molecule has 0 spiro atoms. The first-order valence-corrected chi connectivity index (χ1v) is 8.58. The standard InChI is InChI=1S/C18H24F2N2O3/c1-3-22(12-7-5-4-6-8-12)17(23)11-21-16-9-13(18(24)25-2)14(19)10-15(16)20/h9-10,12,21H,3-8,11H2,1-2H3. The predicted molar refractivity (Wildman–Crippen MR) is 90.4 cm³/mol. The van der Waals surface area contributed by atoms with Gasteiger partial charge in [0, 0.05) is 18.7 Å². The number of likely N-dealkylation sites (N-methyl/N-ethyl adjacent to an activating group) is 1. The highest BCUT2D eigenvalue weighted by atomic mass is 19.1. The number of carbonyl (C=O) groups excluding carboxylic acids is 2. The van der Waals surface area contributed by atoms with Crippen molar-refractivity contribution in [3.63, 3.8) is 0 Å². The topological polar surface area (TPSA) is 58.6 Å². The van der Waals surface area contributed by atoms with Gasteiger partial charge in [0.15, 0.2) is 0 Å². The van der Waals surface area contributed by atoms with Gasteiger partial charge in [-0.2, -0.15) is 0 Å². The summed E-state index contributed by atoms with van der Waals surface area (Å²) in [5, 5.41) is 2.67. The van der Waals surface area contributed by atoms with E-state index in [0.29, 0.717) is 12.6 Å². The number of methoxy groups -OCH3 is 1. The SMILES string of the molecule is CCN(C(=O)CNc1cc(C(=O)OC)c(F)cc1F)C1CCCCC1. The number of amides is 1. The molecule has 0 radical (unpaired) electrons. The van der Waals surface area contributed by atoms with Crippen LogP contribution in [-0.2, 0) is 9.53 Å². The zero-order chi connectivity index (χ0) is 18.4. The number of anilines is 1. The van der Waals surface area contributed by atoms with Crippen LogP contribution in [0.4, 0.5) is 14.5 Å². The fraction of sp³-hybridized carbons (Fsp3) is 0.556. The first-order valence-electron chi connectivity index (χ1n) is 8.58. The zero-order valence-corrected chi connectivity index (χ0v) is 14.6. The third-order valence-corrected chi connectivity index (χ3v) is 4.57. The lowest BCUT2D eigenvalue weighted by atomic mass is 9.94. The number of nitrogens with zero attached hydrogens (tertiary/aromatic N) is 1. The van der Waals surface area contributed by atoms with E-state index < -0.39 is 17.6 Å². The van der Waals surface area contributed by atoms with Crippen LogP contribution in [0.25, 0.3) is 0 Å². The monoisotopic (exact) mass is 354 g/mol. The maximum atomic E-state index is 13.9. The molecule has 1 N–H and O–H groups in total. The number of halogens is 2. The minimum absolute atomic E-state index is 0.102. The summed E-state index contributed by atoms with van der Waals surface area (Å²) in [5.74, 6) is -2.90. The molecule has 1 aromatic carbocycles. The van der Waals surface area contributed by atoms with Crippen LogP contribution in [0.3, 0.4) is 0 Å². The Balaban J connectivity index is 2.06. The molecular formula is C18H24F2N2O3. The molecule has 0 aromatic heterocycles. The number of nitrogens with one attached hydrogen (secondary N) is 1. The molecule has 7 heteroatoms. The highest BCUT2D eigenvalue weighted by Gasteiger charge is 2.24. The molecule has 1 aromatic rings. The number of hydrogen-bond acceptors (Lipinski definition) is 4. The second-order valence-electron chi connectivity index (χ2n) is 6.13. The van der Waals surface area contributed by atoms with Crippen molar-refractivity contribution in [2.75, 3.05) is 25.5 Å². The van der Waals surface area contributed by atoms with E-state index in [4.69, 9.17) is 0 Å². The quantitative estimate of drug-likeness (QED) is 0.796. The van der Waals surface area contributed by atoms with Gasteiger partial charge in [-0.1, -0.05) is 19.3 Å². The molecule has 1 aliphatic carbocycles. The number of benzene rings is 1. The van der Waals surface area contributed by atoms with Gasteiger partial charge in [0.2, 0.25) is 5.91 Å². The highest BCUT2D eigenvalue weighted by molar-refractivity contribution is 5.91. The summed E-state index contributed by atoms with van der Waals surface area (Å²) in [7, 11) is 1.12. The maximum Gasteiger partial charge on any atom is 0.340 e. The Hall–Kier alpha value is -2.18. The van der Waals surface area contributed by atoms with Crippen LogP contribution in [0.5, 0.6) is 0 Å². The smallest absolute Gasteiger partial charge is 0.340 e. The van der Waals surface area contributed by atoms with Gasteiger partial charge in [-0.25, -0.2) is 13.6 Å². The van der Waals surface area contributed by atoms with E-state index >= 15 is 0 Å². The number of rotatable bonds is 6. The first-order chi connectivity index (χ1) is 12.0. The van der Waals surface area contributed by atoms with E-state index in [0.717, 1.165) is 38.9 Å². The Bertz CT molecular complexity index is 631. The van der Waals surface area contributed by atoms with Crippen molar-refractivity contribution in [1.29, 1.82) is 0 Å². The fourth-order valence-corrected chi connectivity index (χ4v) is 3.25. The number of esters is 1. The first kappa shape index (κ1) is 19.1. The third-order valence-electron chi connectivity index (χ3n) is 4.57. The molecule has 1 aliphatic rings. The van der Waals surface area contributed by atoms with Crippen LogP contribution >= 0.6 is 0 Å². The van der Waals surface area contributed by atoms with Crippen molar-refractivity contribution >= 4 is 17.6 Å². The largest absolute Gasteiger partial charge is 0.465 e. The van der Waals surface area contributed by atoms with Gasteiger partial charge >= 0.3 is 5.97 Å². The summed E-state index contributed by atoms with van der Waals surface area (Å²) in [4.78, 5) is 25.8. The molecule has 0 heterocycles. The normalized spacial score (nSPS) is 14.9. The Kier molecular flexibility index (Phi) is 6.73. The summed E-state index contributed by atoms with van der Waals surface area (Å²) < 4.78 is 32.0. The number of hydrogen-bond donors (Lipinski definition) is 1. The van der Waals surface area contributed by atoms with Crippen molar-refractivity contribution < 1.29 is 23.1 Å². The lowest BCUT2D eigenvalue weighted by Gasteiger charge is -2.33. The van der Waals surface area contributed by atoms with Gasteiger partial charge in [-0.15, -0.1) is 0 Å². The fourth-order valence-electron chi connectivity index (χ4n) is 3.25. The second kappa shape index (κ2) is 8.78. The van der Waals surface area contributed by atoms with Crippen LogP contribution in [-0.4, -0.2) is 43.0 Å². The van der Waals surface area contributed by atoms with Crippen molar-refractivity contribution in [2.45, 2.75) is 45.1 Å². The van der Waals surface area contributed by atoms with Gasteiger partial charge in [0.1, 0.15) is 11.6 Å². The van der Waals surface area contributed by atoms with Crippen molar-refractivity contribution in [3.8, 4) is 0 Å². The third kappa shape index (κ3) is 4.67.